The van der Waals surface area contributed by atoms with Crippen molar-refractivity contribution in [2.75, 3.05) is 26.5 Å². The SMILES string of the molecule is COc1cc([N+](=O)[O-])c(C(=O)NC2CCNCC2)cc1SC.Cl. The summed E-state index contributed by atoms with van der Waals surface area (Å²) in [5, 5.41) is 17.3. The third-order valence-electron chi connectivity index (χ3n) is 3.62. The van der Waals surface area contributed by atoms with Gasteiger partial charge in [0.15, 0.2) is 0 Å². The zero-order valence-electron chi connectivity index (χ0n) is 13.0. The van der Waals surface area contributed by atoms with Crippen molar-refractivity contribution in [2.24, 2.45) is 0 Å². The molecule has 2 rings (SSSR count). The first kappa shape index (κ1) is 19.5. The predicted octanol–water partition coefficient (Wildman–Crippen LogP) is 2.23. The molecule has 7 nitrogen and oxygen atoms in total. The quantitative estimate of drug-likeness (QED) is 0.474. The van der Waals surface area contributed by atoms with Crippen molar-refractivity contribution in [3.8, 4) is 5.75 Å². The van der Waals surface area contributed by atoms with E-state index >= 15 is 0 Å². The van der Waals surface area contributed by atoms with Crippen LogP contribution in [0.5, 0.6) is 5.75 Å². The number of carbonyl (C=O) groups excluding carboxylic acids is 1. The van der Waals surface area contributed by atoms with Crippen LogP contribution in [-0.2, 0) is 0 Å². The van der Waals surface area contributed by atoms with E-state index in [4.69, 9.17) is 4.74 Å². The van der Waals surface area contributed by atoms with Crippen molar-refractivity contribution in [1.82, 2.24) is 10.6 Å². The number of nitro groups is 1. The number of hydrogen-bond acceptors (Lipinski definition) is 6. The van der Waals surface area contributed by atoms with Crippen LogP contribution >= 0.6 is 24.2 Å². The van der Waals surface area contributed by atoms with Gasteiger partial charge in [-0.1, -0.05) is 0 Å². The Hall–Kier alpha value is -1.51. The van der Waals surface area contributed by atoms with Crippen LogP contribution in [0.2, 0.25) is 0 Å². The molecule has 9 heteroatoms. The second kappa shape index (κ2) is 8.95. The standard InChI is InChI=1S/C14H19N3O4S.ClH/c1-21-12-8-11(17(19)20)10(7-13(12)22-2)14(18)16-9-3-5-15-6-4-9;/h7-9,15H,3-6H2,1-2H3,(H,16,18);1H. The highest BCUT2D eigenvalue weighted by molar-refractivity contribution is 7.98. The van der Waals surface area contributed by atoms with Crippen molar-refractivity contribution in [2.45, 2.75) is 23.8 Å². The largest absolute Gasteiger partial charge is 0.495 e. The normalized spacial score (nSPS) is 14.7. The minimum Gasteiger partial charge on any atom is -0.495 e. The maximum Gasteiger partial charge on any atom is 0.285 e. The van der Waals surface area contributed by atoms with Gasteiger partial charge >= 0.3 is 0 Å². The molecule has 1 amide bonds. The molecular formula is C14H20ClN3O4S. The minimum atomic E-state index is -0.552. The number of hydrogen-bond donors (Lipinski definition) is 2. The Balaban J connectivity index is 0.00000264. The Morgan fingerprint density at radius 2 is 2.09 bits per heavy atom. The number of benzene rings is 1. The number of halogens is 1. The van der Waals surface area contributed by atoms with Gasteiger partial charge in [-0.2, -0.15) is 0 Å². The first-order chi connectivity index (χ1) is 10.6. The average molecular weight is 362 g/mol. The first-order valence-corrected chi connectivity index (χ1v) is 8.21. The average Bonchev–Trinajstić information content (AvgIpc) is 2.54. The highest BCUT2D eigenvalue weighted by atomic mass is 35.5. The van der Waals surface area contributed by atoms with E-state index in [0.29, 0.717) is 10.6 Å². The van der Waals surface area contributed by atoms with Gasteiger partial charge in [0.1, 0.15) is 11.3 Å². The van der Waals surface area contributed by atoms with E-state index in [1.807, 2.05) is 6.26 Å². The molecule has 1 aromatic rings. The van der Waals surface area contributed by atoms with E-state index in [1.165, 1.54) is 31.0 Å². The van der Waals surface area contributed by atoms with E-state index in [9.17, 15) is 14.9 Å². The highest BCUT2D eigenvalue weighted by Crippen LogP contribution is 2.34. The van der Waals surface area contributed by atoms with Gasteiger partial charge in [-0.15, -0.1) is 24.2 Å². The number of nitrogens with one attached hydrogen (secondary N) is 2. The summed E-state index contributed by atoms with van der Waals surface area (Å²) in [6, 6.07) is 2.88. The first-order valence-electron chi connectivity index (χ1n) is 6.98. The van der Waals surface area contributed by atoms with E-state index < -0.39 is 10.8 Å². The van der Waals surface area contributed by atoms with Gasteiger partial charge in [0, 0.05) is 6.04 Å². The number of nitro benzene ring substituents is 1. The molecule has 0 aliphatic carbocycles. The summed E-state index contributed by atoms with van der Waals surface area (Å²) in [6.45, 7) is 1.68. The molecule has 23 heavy (non-hydrogen) atoms. The molecule has 1 heterocycles. The van der Waals surface area contributed by atoms with Gasteiger partial charge in [0.25, 0.3) is 11.6 Å². The smallest absolute Gasteiger partial charge is 0.285 e. The molecule has 0 saturated carbocycles. The highest BCUT2D eigenvalue weighted by Gasteiger charge is 2.25. The lowest BCUT2D eigenvalue weighted by Gasteiger charge is -2.23. The molecule has 1 saturated heterocycles. The molecule has 0 atom stereocenters. The van der Waals surface area contributed by atoms with Crippen molar-refractivity contribution >= 4 is 35.8 Å². The fourth-order valence-corrected chi connectivity index (χ4v) is 3.01. The number of ether oxygens (including phenoxy) is 1. The third kappa shape index (κ3) is 4.73. The van der Waals surface area contributed by atoms with E-state index in [0.717, 1.165) is 25.9 Å². The summed E-state index contributed by atoms with van der Waals surface area (Å²) in [5.41, 5.74) is -0.158. The third-order valence-corrected chi connectivity index (χ3v) is 4.38. The molecule has 1 fully saturated rings. The fraction of sp³-hybridized carbons (Fsp3) is 0.500. The molecule has 128 valence electrons. The zero-order chi connectivity index (χ0) is 16.1. The van der Waals surface area contributed by atoms with Gasteiger partial charge in [-0.3, -0.25) is 14.9 Å². The summed E-state index contributed by atoms with van der Waals surface area (Å²) in [7, 11) is 1.45. The predicted molar refractivity (Wildman–Crippen MR) is 92.0 cm³/mol. The summed E-state index contributed by atoms with van der Waals surface area (Å²) in [5.74, 6) is -0.00540. The number of thioether (sulfide) groups is 1. The van der Waals surface area contributed by atoms with Crippen molar-refractivity contribution < 1.29 is 14.5 Å². The van der Waals surface area contributed by atoms with Crippen LogP contribution in [0, 0.1) is 10.1 Å². The van der Waals surface area contributed by atoms with Gasteiger partial charge in [0.05, 0.1) is 23.0 Å². The number of rotatable bonds is 5. The van der Waals surface area contributed by atoms with E-state index in [-0.39, 0.29) is 29.7 Å². The van der Waals surface area contributed by atoms with E-state index in [1.54, 1.807) is 0 Å². The molecule has 2 N–H and O–H groups in total. The Kier molecular flexibility index (Phi) is 7.60. The molecule has 0 bridgehead atoms. The number of amides is 1. The number of nitrogens with zero attached hydrogens (tertiary/aromatic N) is 1. The Bertz CT molecular complexity index is 579. The molecule has 0 aromatic heterocycles. The zero-order valence-corrected chi connectivity index (χ0v) is 14.6. The van der Waals surface area contributed by atoms with Crippen molar-refractivity contribution in [3.05, 3.63) is 27.8 Å². The van der Waals surface area contributed by atoms with Gasteiger partial charge < -0.3 is 15.4 Å². The molecule has 1 aromatic carbocycles. The van der Waals surface area contributed by atoms with Crippen LogP contribution < -0.4 is 15.4 Å². The number of methoxy groups -OCH3 is 1. The summed E-state index contributed by atoms with van der Waals surface area (Å²) in [6.07, 6.45) is 3.48. The Labute approximate surface area is 145 Å². The minimum absolute atomic E-state index is 0. The van der Waals surface area contributed by atoms with Crippen molar-refractivity contribution in [3.63, 3.8) is 0 Å². The monoisotopic (exact) mass is 361 g/mol. The number of carbonyl (C=O) groups is 1. The van der Waals surface area contributed by atoms with Crippen LogP contribution in [-0.4, -0.2) is 43.3 Å². The van der Waals surface area contributed by atoms with Gasteiger partial charge in [-0.05, 0) is 38.3 Å². The molecule has 1 aliphatic rings. The topological polar surface area (TPSA) is 93.5 Å². The second-order valence-electron chi connectivity index (χ2n) is 4.98. The fourth-order valence-electron chi connectivity index (χ4n) is 2.43. The van der Waals surface area contributed by atoms with Gasteiger partial charge in [0.2, 0.25) is 0 Å². The Morgan fingerprint density at radius 1 is 1.43 bits per heavy atom. The lowest BCUT2D eigenvalue weighted by molar-refractivity contribution is -0.385. The van der Waals surface area contributed by atoms with Crippen LogP contribution in [0.25, 0.3) is 0 Å². The van der Waals surface area contributed by atoms with Crippen LogP contribution in [0.3, 0.4) is 0 Å². The van der Waals surface area contributed by atoms with Crippen molar-refractivity contribution in [1.29, 1.82) is 0 Å². The maximum atomic E-state index is 12.4. The van der Waals surface area contributed by atoms with Crippen LogP contribution in [0.4, 0.5) is 5.69 Å². The summed E-state index contributed by atoms with van der Waals surface area (Å²) < 4.78 is 5.15. The molecular weight excluding hydrogens is 342 g/mol. The van der Waals surface area contributed by atoms with E-state index in [2.05, 4.69) is 10.6 Å². The van der Waals surface area contributed by atoms with Gasteiger partial charge in [-0.25, -0.2) is 0 Å². The van der Waals surface area contributed by atoms with Crippen LogP contribution in [0.15, 0.2) is 17.0 Å². The summed E-state index contributed by atoms with van der Waals surface area (Å²) >= 11 is 1.38. The maximum absolute atomic E-state index is 12.4. The lowest BCUT2D eigenvalue weighted by atomic mass is 10.1. The molecule has 0 radical (unpaired) electrons. The molecule has 0 unspecified atom stereocenters. The number of piperidine rings is 1. The molecule has 1 aliphatic heterocycles. The second-order valence-corrected chi connectivity index (χ2v) is 5.83. The molecule has 0 spiro atoms. The Morgan fingerprint density at radius 3 is 2.61 bits per heavy atom. The lowest BCUT2D eigenvalue weighted by Crippen LogP contribution is -2.42. The summed E-state index contributed by atoms with van der Waals surface area (Å²) in [4.78, 5) is 23.8. The van der Waals surface area contributed by atoms with Crippen LogP contribution in [0.1, 0.15) is 23.2 Å².